The molecule has 2 unspecified atom stereocenters. The Morgan fingerprint density at radius 2 is 1.02 bits per heavy atom. The van der Waals surface area contributed by atoms with Gasteiger partial charge in [-0.1, -0.05) is 44.1 Å². The molecule has 609 valence electrons. The summed E-state index contributed by atoms with van der Waals surface area (Å²) in [6.07, 6.45) is -5.80. The van der Waals surface area contributed by atoms with Crippen LogP contribution in [0.15, 0.2) is 34.2 Å². The van der Waals surface area contributed by atoms with Gasteiger partial charge in [0, 0.05) is 32.9 Å². The van der Waals surface area contributed by atoms with Gasteiger partial charge < -0.3 is 60.5 Å². The summed E-state index contributed by atoms with van der Waals surface area (Å²) < 4.78 is 44.2. The molecule has 1 radical (unpaired) electrons. The number of thioether (sulfide) groups is 1. The number of carbonyl (C=O) groups excluding carboxylic acids is 6. The van der Waals surface area contributed by atoms with Crippen molar-refractivity contribution in [3.05, 3.63) is 172 Å². The van der Waals surface area contributed by atoms with Crippen molar-refractivity contribution in [3.8, 4) is 36.4 Å². The predicted octanol–water partition coefficient (Wildman–Crippen LogP) is 13.0. The number of nitrogens with zero attached hydrogens (tertiary/aromatic N) is 14. The molecular weight excluding hydrogens is 1740 g/mol. The third-order valence-corrected chi connectivity index (χ3v) is 14.7. The van der Waals surface area contributed by atoms with E-state index in [0.717, 1.165) is 33.2 Å². The summed E-state index contributed by atoms with van der Waals surface area (Å²) in [7, 11) is 4.34. The molecule has 3 amide bonds. The van der Waals surface area contributed by atoms with Crippen LogP contribution in [0.5, 0.6) is 0 Å². The van der Waals surface area contributed by atoms with E-state index < -0.39 is 40.3 Å². The van der Waals surface area contributed by atoms with Gasteiger partial charge >= 0.3 is 53.2 Å². The molecule has 0 aliphatic carbocycles. The number of aryl methyl sites for hydroxylation is 6. The number of aldehydes is 1. The van der Waals surface area contributed by atoms with E-state index >= 15 is 0 Å². The zero-order valence-electron chi connectivity index (χ0n) is 63.3. The van der Waals surface area contributed by atoms with Crippen molar-refractivity contribution in [1.29, 1.82) is 36.8 Å². The van der Waals surface area contributed by atoms with Gasteiger partial charge in [0.2, 0.25) is 41.1 Å². The van der Waals surface area contributed by atoms with Crippen molar-refractivity contribution >= 4 is 164 Å². The Morgan fingerprint density at radius 3 is 1.28 bits per heavy atom. The summed E-state index contributed by atoms with van der Waals surface area (Å²) in [4.78, 5) is 121. The molecule has 5 aromatic rings. The first-order chi connectivity index (χ1) is 50.2. The number of aromatic amines is 3. The number of ketones is 2. The van der Waals surface area contributed by atoms with Gasteiger partial charge in [0.05, 0.1) is 53.8 Å². The molecule has 0 aromatic carbocycles. The number of H-pyrrole nitrogens is 3. The summed E-state index contributed by atoms with van der Waals surface area (Å²) in [6.45, 7) is 58.9. The van der Waals surface area contributed by atoms with Crippen LogP contribution in [0.25, 0.3) is 14.5 Å². The average Bonchev–Trinajstić information content (AvgIpc) is 0.826. The Labute approximate surface area is 702 Å². The van der Waals surface area contributed by atoms with Gasteiger partial charge in [-0.25, -0.2) is 14.5 Å². The van der Waals surface area contributed by atoms with E-state index in [0.29, 0.717) is 72.6 Å². The van der Waals surface area contributed by atoms with Gasteiger partial charge in [-0.2, -0.15) is 57.4 Å². The molecule has 0 spiro atoms. The number of hydrogen-bond acceptors (Lipinski definition) is 25. The van der Waals surface area contributed by atoms with E-state index in [1.54, 1.807) is 101 Å². The van der Waals surface area contributed by atoms with Crippen molar-refractivity contribution in [2.24, 2.45) is 21.5 Å². The maximum atomic E-state index is 11.2. The molecule has 0 fully saturated rings. The summed E-state index contributed by atoms with van der Waals surface area (Å²) in [6, 6.07) is 12.8. The molecule has 0 aliphatic heterocycles. The molecule has 0 saturated carbocycles. The quantitative estimate of drug-likeness (QED) is 0.00916. The van der Waals surface area contributed by atoms with Gasteiger partial charge in [0.25, 0.3) is 16.7 Å². The Morgan fingerprint density at radius 1 is 0.696 bits per heavy atom. The normalized spacial score (nSPS) is 9.32. The molecule has 5 aromatic heterocycles. The van der Waals surface area contributed by atoms with Crippen LogP contribution >= 0.6 is 104 Å². The number of alkyl halides is 3. The number of halogens is 8. The van der Waals surface area contributed by atoms with E-state index in [9.17, 15) is 56.1 Å². The Kier molecular flexibility index (Phi) is 78.1. The molecule has 0 saturated heterocycles. The fraction of sp³-hybridized carbons (Fsp3) is 0.379. The number of rotatable bonds is 10. The summed E-state index contributed by atoms with van der Waals surface area (Å²) >= 11 is 30.9. The predicted molar refractivity (Wildman–Crippen MR) is 431 cm³/mol. The molecular formula is C66H81BBrCl4CuF3N21O11PS3. The smallest absolute Gasteiger partial charge is 0.512 e. The Bertz CT molecular complexity index is 4560. The number of carbonyl (C=O) groups is 6. The minimum atomic E-state index is -4.64. The molecule has 32 nitrogen and oxygen atoms in total. The van der Waals surface area contributed by atoms with Gasteiger partial charge in [0.1, 0.15) is 75.2 Å². The molecule has 0 aliphatic rings. The topological polar surface area (TPSA) is 584 Å². The van der Waals surface area contributed by atoms with Crippen LogP contribution in [0.3, 0.4) is 0 Å². The molecule has 5 heterocycles. The zero-order chi connectivity index (χ0) is 87.7. The molecule has 112 heavy (non-hydrogen) atoms. The van der Waals surface area contributed by atoms with Crippen LogP contribution in [0.4, 0.5) is 30.2 Å². The van der Waals surface area contributed by atoms with Crippen LogP contribution in [-0.2, 0) is 50.4 Å². The number of Topliss-reactive ketones (excluding diaryl/α,β-unsaturated/α-hetero) is 2. The average molecular weight is 1820 g/mol. The first-order valence-electron chi connectivity index (χ1n) is 29.7. The van der Waals surface area contributed by atoms with Crippen molar-refractivity contribution in [2.75, 3.05) is 19.6 Å². The second kappa shape index (κ2) is 69.4. The van der Waals surface area contributed by atoms with Gasteiger partial charge in [-0.05, 0) is 200 Å². The van der Waals surface area contributed by atoms with Crippen molar-refractivity contribution in [2.45, 2.75) is 152 Å². The van der Waals surface area contributed by atoms with E-state index in [4.69, 9.17) is 91.0 Å². The number of nitrogens with two attached hydrogens (primary N) is 3. The van der Waals surface area contributed by atoms with E-state index in [1.807, 2.05) is 24.3 Å². The molecule has 0 bridgehead atoms. The Hall–Kier alpha value is -9.56. The first-order valence-corrected chi connectivity index (χ1v) is 37.0. The zero-order valence-corrected chi connectivity index (χ0v) is 72.3. The summed E-state index contributed by atoms with van der Waals surface area (Å²) in [5, 5.41) is 54.2. The second-order valence-corrected chi connectivity index (χ2v) is 30.3. The van der Waals surface area contributed by atoms with Crippen molar-refractivity contribution < 1.29 is 69.0 Å². The van der Waals surface area contributed by atoms with Gasteiger partial charge in [-0.15, -0.1) is 0 Å². The monoisotopic (exact) mass is 1820 g/mol. The maximum Gasteiger partial charge on any atom is 1.00 e. The third kappa shape index (κ3) is 58.4. The van der Waals surface area contributed by atoms with Crippen LogP contribution in [-0.4, -0.2) is 115 Å². The van der Waals surface area contributed by atoms with Gasteiger partial charge in [0.15, 0.2) is 0 Å². The molecule has 5 rings (SSSR count). The summed E-state index contributed by atoms with van der Waals surface area (Å²) in [5.41, 5.74) is 21.8. The van der Waals surface area contributed by atoms with Crippen molar-refractivity contribution in [1.82, 2.24) is 36.0 Å². The number of nitriles is 6. The number of aromatic nitrogens is 5. The number of amides is 3. The molecule has 14 N–H and O–H groups in total. The van der Waals surface area contributed by atoms with Crippen LogP contribution in [0.1, 0.15) is 145 Å². The third-order valence-electron chi connectivity index (χ3n) is 11.9. The fourth-order valence-electron chi connectivity index (χ4n) is 6.75. The van der Waals surface area contributed by atoms with E-state index in [2.05, 4.69) is 158 Å². The van der Waals surface area contributed by atoms with Crippen LogP contribution < -0.4 is 40.0 Å². The SMILES string of the molecule is CC(=O)CC(C)=O.CC(S)C(N)=O.CCN(CC)CC.Cc1[nH]c(=O)c(C#N)c(C)c1Br.Cc1cc(C)c(C#N)c(=O)[nH]1.N.N#CCC(N)=O.O.O=CC(F)(F)F.O=P(Cl)(Cl)Cl.[B]=NS.[C-]#N.[C-]#[N+]c1c(C)[nH]c(=O)c(C#N)c1C.[C-]#[N+]c1c(C)nc(Cl)c(C#N)c1C.[C-]#[N+]c1c(C)nc(SC(C)C(N)=O)c(C#N)c1C.[Cu+]. The first kappa shape index (κ1) is 126. The fourth-order valence-corrected chi connectivity index (χ4v) is 8.32. The number of pyridine rings is 5. The standard InChI is InChI=1S/C12H12N4OS.C9H6ClN3.C9H7N3O.C8H7BrN2O.C8H8N2O.C6H15N.C5H8O2.C3H4N2O.C3H7NOS.C2HF3O.CN.BHNS.Cl3OP.Cu.H3N.H2O/c1-6-9(5-13)12(18-8(3)11(14)17)16-7(2)10(6)15-4;1-5-7(4-11)9(10)13-6(2)8(5)12-3;1-5-7(4-10)9(13)12-6(2)8(5)11-3;1-4-6(3-10)8(12)11-5(2)7(4)9;1-5-3-6(2)10-8(11)7(5)4-9;1-4-7(5-2)6-3;1-4(6)3-5(2)7;4-2-1-3(5)6;1-2(6)3(4)5;3-2(4,5)1-6;1-2;1-2-3;1-5(2,3)4;;;/h8H,1-3H3,(H2,14,17);1-2H3;1-2H3,(H,12,13);1-2H3,(H,11,12);3H,1-2H3,(H,10,11);4-6H2,1-3H3;3H2,1-2H3;1H2,(H2,5,6);2,6H,1H3,(H2,4,5);1H;;3H;;;1H3;1H2/q;;;;;;;;;;-1;;;+1;;. The maximum absolute atomic E-state index is 11.2. The Balaban J connectivity index is -0.000000113. The van der Waals surface area contributed by atoms with E-state index in [-0.39, 0.29) is 97.2 Å². The number of nitrogens with one attached hydrogen (secondary N) is 3. The number of thiol groups is 2. The molecule has 46 heteroatoms. The minimum absolute atomic E-state index is 0. The largest absolute Gasteiger partial charge is 1.00 e. The second-order valence-electron chi connectivity index (χ2n) is 20.2. The molecule has 2 atom stereocenters. The van der Waals surface area contributed by atoms with Crippen LogP contribution in [0.2, 0.25) is 5.15 Å². The van der Waals surface area contributed by atoms with Crippen LogP contribution in [0, 0.1) is 169 Å². The number of hydrogen-bond donors (Lipinski definition) is 9. The number of primary amides is 3. The summed E-state index contributed by atoms with van der Waals surface area (Å²) in [5.74, 6) is -1.54. The van der Waals surface area contributed by atoms with E-state index in [1.165, 1.54) is 33.5 Å². The minimum Gasteiger partial charge on any atom is -0.512 e. The van der Waals surface area contributed by atoms with Gasteiger partial charge in [-0.3, -0.25) is 57.7 Å². The van der Waals surface area contributed by atoms with Crippen molar-refractivity contribution in [3.63, 3.8) is 0 Å².